The first-order valence-corrected chi connectivity index (χ1v) is 5.36. The van der Waals surface area contributed by atoms with E-state index < -0.39 is 0 Å². The van der Waals surface area contributed by atoms with Gasteiger partial charge in [0.1, 0.15) is 0 Å². The molecule has 2 rings (SSSR count). The third kappa shape index (κ3) is 1.80. The van der Waals surface area contributed by atoms with Gasteiger partial charge >= 0.3 is 0 Å². The van der Waals surface area contributed by atoms with Crippen molar-refractivity contribution in [2.24, 2.45) is 11.7 Å². The Morgan fingerprint density at radius 2 is 1.92 bits per heavy atom. The quantitative estimate of drug-likeness (QED) is 0.683. The fourth-order valence-corrected chi connectivity index (χ4v) is 2.44. The molecule has 0 aromatic heterocycles. The molecule has 1 unspecified atom stereocenters. The third-order valence-corrected chi connectivity index (χ3v) is 3.24. The van der Waals surface area contributed by atoms with Crippen LogP contribution in [0.15, 0.2) is 0 Å². The Bertz CT molecular complexity index is 137. The first-order valence-electron chi connectivity index (χ1n) is 5.36. The van der Waals surface area contributed by atoms with Gasteiger partial charge < -0.3 is 10.6 Å². The maximum Gasteiger partial charge on any atom is 0.0135 e. The highest BCUT2D eigenvalue weighted by Crippen LogP contribution is 2.37. The van der Waals surface area contributed by atoms with Crippen LogP contribution in [0.4, 0.5) is 0 Å². The van der Waals surface area contributed by atoms with E-state index in [1.807, 2.05) is 0 Å². The molecular weight excluding hydrogens is 148 g/mol. The number of hydrogen-bond acceptors (Lipinski definition) is 2. The second-order valence-corrected chi connectivity index (χ2v) is 4.23. The van der Waals surface area contributed by atoms with E-state index in [9.17, 15) is 0 Å². The van der Waals surface area contributed by atoms with Gasteiger partial charge in [-0.3, -0.25) is 0 Å². The average molecular weight is 168 g/mol. The van der Waals surface area contributed by atoms with E-state index in [0.717, 1.165) is 18.5 Å². The third-order valence-electron chi connectivity index (χ3n) is 3.24. The zero-order chi connectivity index (χ0) is 8.39. The first-order chi connectivity index (χ1) is 5.92. The SMILES string of the molecule is NCCC(C1CC1)N1CCCC1. The molecule has 12 heavy (non-hydrogen) atoms. The number of hydrogen-bond donors (Lipinski definition) is 1. The fraction of sp³-hybridized carbons (Fsp3) is 1.00. The van der Waals surface area contributed by atoms with Crippen molar-refractivity contribution in [3.63, 3.8) is 0 Å². The second kappa shape index (κ2) is 3.75. The van der Waals surface area contributed by atoms with E-state index >= 15 is 0 Å². The van der Waals surface area contributed by atoms with Gasteiger partial charge in [-0.2, -0.15) is 0 Å². The zero-order valence-electron chi connectivity index (χ0n) is 7.84. The summed E-state index contributed by atoms with van der Waals surface area (Å²) in [5.41, 5.74) is 5.64. The number of likely N-dealkylation sites (tertiary alicyclic amines) is 1. The molecule has 1 aliphatic heterocycles. The first kappa shape index (κ1) is 8.52. The van der Waals surface area contributed by atoms with Crippen LogP contribution in [0.25, 0.3) is 0 Å². The van der Waals surface area contributed by atoms with Gasteiger partial charge in [-0.25, -0.2) is 0 Å². The standard InChI is InChI=1S/C10H20N2/c11-6-5-10(9-3-4-9)12-7-1-2-8-12/h9-10H,1-8,11H2. The summed E-state index contributed by atoms with van der Waals surface area (Å²) in [5, 5.41) is 0. The largest absolute Gasteiger partial charge is 0.330 e. The molecule has 2 fully saturated rings. The minimum absolute atomic E-state index is 0.845. The van der Waals surface area contributed by atoms with Crippen LogP contribution < -0.4 is 5.73 Å². The lowest BCUT2D eigenvalue weighted by molar-refractivity contribution is 0.209. The molecule has 1 heterocycles. The maximum atomic E-state index is 5.64. The van der Waals surface area contributed by atoms with Crippen LogP contribution in [-0.2, 0) is 0 Å². The minimum atomic E-state index is 0.845. The van der Waals surface area contributed by atoms with Crippen molar-refractivity contribution >= 4 is 0 Å². The van der Waals surface area contributed by atoms with Crippen molar-refractivity contribution in [2.45, 2.75) is 38.1 Å². The Labute approximate surface area is 75.1 Å². The molecule has 1 atom stereocenters. The van der Waals surface area contributed by atoms with E-state index in [-0.39, 0.29) is 0 Å². The highest BCUT2D eigenvalue weighted by atomic mass is 15.2. The molecule has 70 valence electrons. The van der Waals surface area contributed by atoms with Crippen molar-refractivity contribution in [1.29, 1.82) is 0 Å². The molecule has 2 heteroatoms. The molecule has 1 saturated carbocycles. The predicted octanol–water partition coefficient (Wildman–Crippen LogP) is 1.21. The number of nitrogens with two attached hydrogens (primary N) is 1. The molecule has 2 N–H and O–H groups in total. The lowest BCUT2D eigenvalue weighted by atomic mass is 10.1. The Morgan fingerprint density at radius 1 is 1.25 bits per heavy atom. The van der Waals surface area contributed by atoms with Crippen molar-refractivity contribution in [3.05, 3.63) is 0 Å². The average Bonchev–Trinajstić information content (AvgIpc) is 2.77. The normalized spacial score (nSPS) is 27.8. The Balaban J connectivity index is 1.85. The summed E-state index contributed by atoms with van der Waals surface area (Å²) in [4.78, 5) is 2.67. The Hall–Kier alpha value is -0.0800. The van der Waals surface area contributed by atoms with E-state index in [0.29, 0.717) is 0 Å². The van der Waals surface area contributed by atoms with Crippen molar-refractivity contribution in [1.82, 2.24) is 4.90 Å². The maximum absolute atomic E-state index is 5.64. The van der Waals surface area contributed by atoms with E-state index in [1.54, 1.807) is 0 Å². The van der Waals surface area contributed by atoms with Crippen LogP contribution in [0, 0.1) is 5.92 Å². The molecular formula is C10H20N2. The van der Waals surface area contributed by atoms with Gasteiger partial charge in [0.2, 0.25) is 0 Å². The molecule has 1 saturated heterocycles. The van der Waals surface area contributed by atoms with Crippen molar-refractivity contribution < 1.29 is 0 Å². The van der Waals surface area contributed by atoms with Gasteiger partial charge in [0.15, 0.2) is 0 Å². The lowest BCUT2D eigenvalue weighted by Gasteiger charge is -2.26. The van der Waals surface area contributed by atoms with Crippen LogP contribution >= 0.6 is 0 Å². The molecule has 0 aromatic rings. The van der Waals surface area contributed by atoms with Crippen LogP contribution in [0.3, 0.4) is 0 Å². The summed E-state index contributed by atoms with van der Waals surface area (Å²) in [6.07, 6.45) is 6.97. The molecule has 1 aliphatic carbocycles. The smallest absolute Gasteiger partial charge is 0.0135 e. The second-order valence-electron chi connectivity index (χ2n) is 4.23. The lowest BCUT2D eigenvalue weighted by Crippen LogP contribution is -2.36. The summed E-state index contributed by atoms with van der Waals surface area (Å²) in [6, 6.07) is 0.845. The van der Waals surface area contributed by atoms with E-state index in [1.165, 1.54) is 45.2 Å². The van der Waals surface area contributed by atoms with Gasteiger partial charge in [0.25, 0.3) is 0 Å². The van der Waals surface area contributed by atoms with Gasteiger partial charge in [-0.05, 0) is 57.7 Å². The predicted molar refractivity (Wildman–Crippen MR) is 51.0 cm³/mol. The summed E-state index contributed by atoms with van der Waals surface area (Å²) in [6.45, 7) is 3.54. The van der Waals surface area contributed by atoms with Crippen molar-refractivity contribution in [3.8, 4) is 0 Å². The van der Waals surface area contributed by atoms with Crippen molar-refractivity contribution in [2.75, 3.05) is 19.6 Å². The highest BCUT2D eigenvalue weighted by molar-refractivity contribution is 4.89. The van der Waals surface area contributed by atoms with Crippen LogP contribution in [-0.4, -0.2) is 30.6 Å². The topological polar surface area (TPSA) is 29.3 Å². The number of rotatable bonds is 4. The van der Waals surface area contributed by atoms with Crippen LogP contribution in [0.5, 0.6) is 0 Å². The Morgan fingerprint density at radius 3 is 2.42 bits per heavy atom. The van der Waals surface area contributed by atoms with Gasteiger partial charge in [-0.1, -0.05) is 0 Å². The summed E-state index contributed by atoms with van der Waals surface area (Å²) in [5.74, 6) is 1.01. The molecule has 2 aliphatic rings. The molecule has 0 aromatic carbocycles. The summed E-state index contributed by atoms with van der Waals surface area (Å²) < 4.78 is 0. The van der Waals surface area contributed by atoms with Crippen LogP contribution in [0.1, 0.15) is 32.1 Å². The number of nitrogens with zero attached hydrogens (tertiary/aromatic N) is 1. The molecule has 2 nitrogen and oxygen atoms in total. The molecule has 0 bridgehead atoms. The zero-order valence-corrected chi connectivity index (χ0v) is 7.84. The monoisotopic (exact) mass is 168 g/mol. The molecule has 0 radical (unpaired) electrons. The summed E-state index contributed by atoms with van der Waals surface area (Å²) in [7, 11) is 0. The van der Waals surface area contributed by atoms with Gasteiger partial charge in [0, 0.05) is 6.04 Å². The van der Waals surface area contributed by atoms with Gasteiger partial charge in [-0.15, -0.1) is 0 Å². The summed E-state index contributed by atoms with van der Waals surface area (Å²) >= 11 is 0. The molecule has 0 spiro atoms. The van der Waals surface area contributed by atoms with Gasteiger partial charge in [0.05, 0.1) is 0 Å². The minimum Gasteiger partial charge on any atom is -0.330 e. The highest BCUT2D eigenvalue weighted by Gasteiger charge is 2.35. The fourth-order valence-electron chi connectivity index (χ4n) is 2.44. The molecule has 0 amide bonds. The van der Waals surface area contributed by atoms with E-state index in [4.69, 9.17) is 5.73 Å². The Kier molecular flexibility index (Phi) is 2.66. The van der Waals surface area contributed by atoms with E-state index in [2.05, 4.69) is 4.90 Å². The van der Waals surface area contributed by atoms with Crippen LogP contribution in [0.2, 0.25) is 0 Å².